The summed E-state index contributed by atoms with van der Waals surface area (Å²) < 4.78 is 67.0. The summed E-state index contributed by atoms with van der Waals surface area (Å²) in [6, 6.07) is 5.38. The molecule has 0 spiro atoms. The minimum atomic E-state index is -4.83. The van der Waals surface area contributed by atoms with Crippen molar-refractivity contribution in [2.45, 2.75) is 12.8 Å². The molecule has 2 aliphatic heterocycles. The third kappa shape index (κ3) is 4.34. The Morgan fingerprint density at radius 1 is 0.667 bits per heavy atom. The summed E-state index contributed by atoms with van der Waals surface area (Å²) >= 11 is 7.16. The van der Waals surface area contributed by atoms with Crippen LogP contribution in [0.5, 0.6) is 0 Å². The number of nitrogens with zero attached hydrogens (tertiary/aromatic N) is 2. The van der Waals surface area contributed by atoms with Crippen molar-refractivity contribution >= 4 is 42.3 Å². The summed E-state index contributed by atoms with van der Waals surface area (Å²) in [5, 5.41) is 0. The van der Waals surface area contributed by atoms with Crippen molar-refractivity contribution in [3.8, 4) is 0 Å². The van der Waals surface area contributed by atoms with Crippen molar-refractivity contribution in [2.24, 2.45) is 11.8 Å². The second-order valence-electron chi connectivity index (χ2n) is 10.8. The van der Waals surface area contributed by atoms with E-state index in [1.807, 2.05) is 46.3 Å². The van der Waals surface area contributed by atoms with Gasteiger partial charge in [-0.2, -0.15) is 0 Å². The molecule has 2 aromatic rings. The molecule has 6 rings (SSSR count). The molecule has 2 saturated heterocycles. The van der Waals surface area contributed by atoms with Crippen LogP contribution in [0.2, 0.25) is 0 Å². The Morgan fingerprint density at radius 3 is 1.41 bits per heavy atom. The van der Waals surface area contributed by atoms with Crippen molar-refractivity contribution in [2.75, 3.05) is 47.7 Å². The third-order valence-corrected chi connectivity index (χ3v) is 17.2. The number of halogens is 6. The van der Waals surface area contributed by atoms with Gasteiger partial charge in [-0.3, -0.25) is 0 Å². The van der Waals surface area contributed by atoms with Crippen LogP contribution < -0.4 is 17.5 Å². The summed E-state index contributed by atoms with van der Waals surface area (Å²) in [5.74, 6) is -1.63. The van der Waals surface area contributed by atoms with E-state index in [1.54, 1.807) is 0 Å². The number of rotatable bonds is 8. The first-order valence-electron chi connectivity index (χ1n) is 13.2. The number of anilines is 2. The Morgan fingerprint density at radius 2 is 1.08 bits per heavy atom. The van der Waals surface area contributed by atoms with Crippen LogP contribution >= 0.6 is 23.2 Å². The zero-order chi connectivity index (χ0) is 27.3. The molecule has 0 aromatic heterocycles. The molecular formula is C30H28Cl2F4N2Ti. The fourth-order valence-corrected chi connectivity index (χ4v) is 15.1. The molecule has 2 heterocycles. The second kappa shape index (κ2) is 10.8. The van der Waals surface area contributed by atoms with Crippen LogP contribution in [0.4, 0.5) is 28.9 Å². The monoisotopic (exact) mass is 610 g/mol. The molecule has 2 nitrogen and oxygen atoms in total. The number of alkyl halides is 2. The molecule has 2 aromatic carbocycles. The van der Waals surface area contributed by atoms with Crippen LogP contribution in [0.3, 0.4) is 0 Å². The van der Waals surface area contributed by atoms with Crippen molar-refractivity contribution in [3.63, 3.8) is 0 Å². The van der Waals surface area contributed by atoms with E-state index in [1.165, 1.54) is 24.3 Å². The van der Waals surface area contributed by atoms with Gasteiger partial charge in [-0.15, -0.1) is 0 Å². The van der Waals surface area contributed by atoms with Gasteiger partial charge in [0.25, 0.3) is 0 Å². The van der Waals surface area contributed by atoms with E-state index < -0.39 is 39.9 Å². The standard InChI is InChI=1S/2C10H9ClF2N.2C5H5.Ti/c2*11-4-7-5-14(6-7)10-2-1-8(12)3-9(10)13;2*1-2-4-5-3-1;/h2*1-2,7H,4-6H2;2*1-3H,4H2;. The third-order valence-electron chi connectivity index (χ3n) is 8.43. The molecule has 0 saturated carbocycles. The van der Waals surface area contributed by atoms with Crippen LogP contribution in [0.25, 0.3) is 0 Å². The number of hydrogen-bond acceptors (Lipinski definition) is 2. The fourth-order valence-electron chi connectivity index (χ4n) is 6.41. The van der Waals surface area contributed by atoms with E-state index in [0.717, 1.165) is 0 Å². The average molecular weight is 611 g/mol. The SMILES string of the molecule is Fc1ccc(N2CC(CCl)C2)c(F)[c]1[Ti]([C]1=CC=CC1)([C]1=CC=CC1)[c]1c(F)ccc(N2CC(CCl)C2)c1F. The predicted molar refractivity (Wildman–Crippen MR) is 149 cm³/mol. The molecule has 39 heavy (non-hydrogen) atoms. The van der Waals surface area contributed by atoms with E-state index in [0.29, 0.717) is 58.5 Å². The summed E-state index contributed by atoms with van der Waals surface area (Å²) in [5.41, 5.74) is 0.510. The van der Waals surface area contributed by atoms with Crippen molar-refractivity contribution < 1.29 is 34.2 Å². The van der Waals surface area contributed by atoms with Gasteiger partial charge in [0, 0.05) is 0 Å². The van der Waals surface area contributed by atoms with Gasteiger partial charge in [0.15, 0.2) is 0 Å². The van der Waals surface area contributed by atoms with Crippen LogP contribution in [0.15, 0.2) is 68.5 Å². The average Bonchev–Trinajstić information content (AvgIpc) is 3.59. The summed E-state index contributed by atoms with van der Waals surface area (Å²) in [6.07, 6.45) is 11.8. The van der Waals surface area contributed by atoms with Gasteiger partial charge in [-0.1, -0.05) is 0 Å². The first-order valence-corrected chi connectivity index (χ1v) is 17.4. The maximum absolute atomic E-state index is 16.8. The Hall–Kier alpha value is -1.99. The molecular weight excluding hydrogens is 583 g/mol. The molecule has 0 N–H and O–H groups in total. The molecule has 2 fully saturated rings. The van der Waals surface area contributed by atoms with Gasteiger partial charge in [0.1, 0.15) is 0 Å². The zero-order valence-corrected chi connectivity index (χ0v) is 24.3. The molecule has 4 aliphatic rings. The Balaban J connectivity index is 1.62. The predicted octanol–water partition coefficient (Wildman–Crippen LogP) is 6.39. The molecule has 0 radical (unpaired) electrons. The molecule has 0 unspecified atom stereocenters. The van der Waals surface area contributed by atoms with E-state index in [2.05, 4.69) is 0 Å². The maximum atomic E-state index is 16.8. The number of allylic oxidation sites excluding steroid dienone is 8. The molecule has 0 atom stereocenters. The molecule has 0 bridgehead atoms. The van der Waals surface area contributed by atoms with Crippen molar-refractivity contribution in [1.82, 2.24) is 0 Å². The Bertz CT molecular complexity index is 1320. The normalized spacial score (nSPS) is 19.4. The van der Waals surface area contributed by atoms with Gasteiger partial charge >= 0.3 is 241 Å². The van der Waals surface area contributed by atoms with Crippen LogP contribution in [0.1, 0.15) is 12.8 Å². The van der Waals surface area contributed by atoms with Crippen LogP contribution in [-0.4, -0.2) is 37.9 Å². The first kappa shape index (κ1) is 27.2. The van der Waals surface area contributed by atoms with Gasteiger partial charge < -0.3 is 0 Å². The Labute approximate surface area is 239 Å². The molecule has 0 amide bonds. The quantitative estimate of drug-likeness (QED) is 0.194. The summed E-state index contributed by atoms with van der Waals surface area (Å²) in [6.45, 7) is 2.20. The van der Waals surface area contributed by atoms with Crippen LogP contribution in [0, 0.1) is 35.1 Å². The van der Waals surface area contributed by atoms with Gasteiger partial charge in [0.2, 0.25) is 0 Å². The zero-order valence-electron chi connectivity index (χ0n) is 21.2. The van der Waals surface area contributed by atoms with Gasteiger partial charge in [-0.25, -0.2) is 0 Å². The Kier molecular flexibility index (Phi) is 7.51. The molecule has 204 valence electrons. The van der Waals surface area contributed by atoms with E-state index >= 15 is 17.6 Å². The van der Waals surface area contributed by atoms with E-state index in [4.69, 9.17) is 23.2 Å². The first-order chi connectivity index (χ1) is 18.9. The van der Waals surface area contributed by atoms with Crippen molar-refractivity contribution in [3.05, 3.63) is 91.7 Å². The fraction of sp³-hybridized carbons (Fsp3) is 0.333. The minimum absolute atomic E-state index is 0.163. The van der Waals surface area contributed by atoms with E-state index in [9.17, 15) is 0 Å². The molecule has 2 aliphatic carbocycles. The van der Waals surface area contributed by atoms with Gasteiger partial charge in [0.05, 0.1) is 0 Å². The topological polar surface area (TPSA) is 6.48 Å². The summed E-state index contributed by atoms with van der Waals surface area (Å²) in [4.78, 5) is 3.66. The summed E-state index contributed by atoms with van der Waals surface area (Å²) in [7, 11) is 0. The van der Waals surface area contributed by atoms with Crippen LogP contribution in [-0.2, 0) is 16.6 Å². The van der Waals surface area contributed by atoms with E-state index in [-0.39, 0.29) is 30.9 Å². The second-order valence-corrected chi connectivity index (χ2v) is 17.3. The van der Waals surface area contributed by atoms with Gasteiger partial charge in [-0.05, 0) is 0 Å². The molecule has 9 heteroatoms. The number of benzene rings is 2. The van der Waals surface area contributed by atoms with Crippen molar-refractivity contribution in [1.29, 1.82) is 0 Å². The number of hydrogen-bond donors (Lipinski definition) is 0.